The van der Waals surface area contributed by atoms with Crippen LogP contribution in [0.25, 0.3) is 0 Å². The van der Waals surface area contributed by atoms with E-state index in [0.717, 1.165) is 29.4 Å². The molecule has 0 spiro atoms. The number of aromatic nitrogens is 2. The summed E-state index contributed by atoms with van der Waals surface area (Å²) >= 11 is 0. The monoisotopic (exact) mass is 355 g/mol. The standard InChI is InChI=1S/C17H30N4O4/c1-13-10-14(20(5)19-13)11-18-8-7-9-21(15(22)12-24-6)16(23)25-17(2,3)4/h10,18H,7-9,11-12H2,1-6H3/p+1. The van der Waals surface area contributed by atoms with Crippen molar-refractivity contribution in [3.8, 4) is 0 Å². The van der Waals surface area contributed by atoms with Crippen LogP contribution in [-0.4, -0.2) is 59.1 Å². The Labute approximate surface area is 149 Å². The van der Waals surface area contributed by atoms with E-state index < -0.39 is 11.7 Å². The van der Waals surface area contributed by atoms with E-state index in [1.807, 2.05) is 24.7 Å². The third-order valence-electron chi connectivity index (χ3n) is 3.43. The molecule has 0 bridgehead atoms. The first-order chi connectivity index (χ1) is 11.6. The summed E-state index contributed by atoms with van der Waals surface area (Å²) in [5.74, 6) is -0.390. The number of aryl methyl sites for hydroxylation is 2. The molecule has 0 atom stereocenters. The molecule has 8 nitrogen and oxygen atoms in total. The summed E-state index contributed by atoms with van der Waals surface area (Å²) in [4.78, 5) is 25.4. The second-order valence-electron chi connectivity index (χ2n) is 6.99. The molecule has 8 heteroatoms. The average molecular weight is 355 g/mol. The fourth-order valence-corrected chi connectivity index (χ4v) is 2.34. The summed E-state index contributed by atoms with van der Waals surface area (Å²) < 4.78 is 12.0. The van der Waals surface area contributed by atoms with Crippen molar-refractivity contribution in [3.05, 3.63) is 17.5 Å². The normalized spacial score (nSPS) is 11.4. The highest BCUT2D eigenvalue weighted by atomic mass is 16.6. The first kappa shape index (κ1) is 21.1. The van der Waals surface area contributed by atoms with Crippen LogP contribution in [0.3, 0.4) is 0 Å². The summed E-state index contributed by atoms with van der Waals surface area (Å²) in [5, 5.41) is 6.44. The summed E-state index contributed by atoms with van der Waals surface area (Å²) in [6, 6.07) is 2.05. The summed E-state index contributed by atoms with van der Waals surface area (Å²) in [6.45, 7) is 9.02. The maximum atomic E-state index is 12.2. The van der Waals surface area contributed by atoms with Crippen molar-refractivity contribution in [1.29, 1.82) is 0 Å². The summed E-state index contributed by atoms with van der Waals surface area (Å²) in [5.41, 5.74) is 1.48. The van der Waals surface area contributed by atoms with Gasteiger partial charge < -0.3 is 14.8 Å². The molecule has 142 valence electrons. The smallest absolute Gasteiger partial charge is 0.417 e. The first-order valence-electron chi connectivity index (χ1n) is 8.47. The number of amides is 2. The molecular formula is C17H31N4O4+. The van der Waals surface area contributed by atoms with Crippen molar-refractivity contribution >= 4 is 12.0 Å². The van der Waals surface area contributed by atoms with E-state index in [0.29, 0.717) is 13.0 Å². The van der Waals surface area contributed by atoms with Gasteiger partial charge in [0.1, 0.15) is 18.8 Å². The largest absolute Gasteiger partial charge is 0.443 e. The number of nitrogens with zero attached hydrogens (tertiary/aromatic N) is 3. The summed E-state index contributed by atoms with van der Waals surface area (Å²) in [7, 11) is 3.35. The van der Waals surface area contributed by atoms with E-state index in [-0.39, 0.29) is 12.5 Å². The zero-order valence-corrected chi connectivity index (χ0v) is 16.2. The van der Waals surface area contributed by atoms with E-state index in [1.54, 1.807) is 20.8 Å². The highest BCUT2D eigenvalue weighted by Gasteiger charge is 2.26. The minimum Gasteiger partial charge on any atom is -0.443 e. The van der Waals surface area contributed by atoms with Crippen molar-refractivity contribution < 1.29 is 24.4 Å². The summed E-state index contributed by atoms with van der Waals surface area (Å²) in [6.07, 6.45) is 0.0442. The molecule has 2 N–H and O–H groups in total. The Balaban J connectivity index is 2.47. The zero-order valence-electron chi connectivity index (χ0n) is 16.2. The lowest BCUT2D eigenvalue weighted by molar-refractivity contribution is -0.671. The lowest BCUT2D eigenvalue weighted by atomic mass is 10.2. The Bertz CT molecular complexity index is 578. The molecule has 0 saturated carbocycles. The Morgan fingerprint density at radius 1 is 1.36 bits per heavy atom. The van der Waals surface area contributed by atoms with Gasteiger partial charge in [0.25, 0.3) is 5.91 Å². The van der Waals surface area contributed by atoms with Crippen LogP contribution in [-0.2, 0) is 27.9 Å². The van der Waals surface area contributed by atoms with Crippen LogP contribution >= 0.6 is 0 Å². The number of hydrogen-bond acceptors (Lipinski definition) is 5. The lowest BCUT2D eigenvalue weighted by Crippen LogP contribution is -2.83. The lowest BCUT2D eigenvalue weighted by Gasteiger charge is -2.25. The van der Waals surface area contributed by atoms with Gasteiger partial charge in [0.05, 0.1) is 17.9 Å². The van der Waals surface area contributed by atoms with Gasteiger partial charge in [-0.1, -0.05) is 0 Å². The van der Waals surface area contributed by atoms with Gasteiger partial charge in [-0.05, 0) is 33.8 Å². The number of methoxy groups -OCH3 is 1. The van der Waals surface area contributed by atoms with Crippen molar-refractivity contribution in [2.24, 2.45) is 7.05 Å². The van der Waals surface area contributed by atoms with Gasteiger partial charge in [-0.3, -0.25) is 9.48 Å². The van der Waals surface area contributed by atoms with Gasteiger partial charge in [-0.2, -0.15) is 5.10 Å². The minimum atomic E-state index is -0.647. The number of rotatable bonds is 8. The molecule has 1 rings (SSSR count). The number of hydrogen-bond donors (Lipinski definition) is 1. The molecule has 1 aromatic rings. The van der Waals surface area contributed by atoms with E-state index >= 15 is 0 Å². The number of carbonyl (C=O) groups excluding carboxylic acids is 2. The molecule has 0 fully saturated rings. The third-order valence-corrected chi connectivity index (χ3v) is 3.43. The van der Waals surface area contributed by atoms with Crippen LogP contribution in [0.5, 0.6) is 0 Å². The van der Waals surface area contributed by atoms with Gasteiger partial charge in [-0.15, -0.1) is 0 Å². The maximum Gasteiger partial charge on any atom is 0.417 e. The molecule has 0 radical (unpaired) electrons. The van der Waals surface area contributed by atoms with Crippen LogP contribution in [0.1, 0.15) is 38.6 Å². The second kappa shape index (κ2) is 9.53. The number of ether oxygens (including phenoxy) is 2. The fraction of sp³-hybridized carbons (Fsp3) is 0.706. The molecule has 2 amide bonds. The number of carbonyl (C=O) groups is 2. The van der Waals surface area contributed by atoms with Crippen molar-refractivity contribution in [2.75, 3.05) is 26.8 Å². The predicted octanol–water partition coefficient (Wildman–Crippen LogP) is 0.592. The highest BCUT2D eigenvalue weighted by Crippen LogP contribution is 2.10. The Morgan fingerprint density at radius 2 is 2.04 bits per heavy atom. The Hall–Kier alpha value is -1.93. The van der Waals surface area contributed by atoms with E-state index in [9.17, 15) is 9.59 Å². The van der Waals surface area contributed by atoms with E-state index in [1.165, 1.54) is 7.11 Å². The molecule has 25 heavy (non-hydrogen) atoms. The molecule has 0 unspecified atom stereocenters. The number of imide groups is 1. The fourth-order valence-electron chi connectivity index (χ4n) is 2.34. The SMILES string of the molecule is COCC(=O)N(CCC[NH2+]Cc1cc(C)nn1C)C(=O)OC(C)(C)C. The molecule has 0 aliphatic heterocycles. The van der Waals surface area contributed by atoms with E-state index in [4.69, 9.17) is 9.47 Å². The first-order valence-corrected chi connectivity index (χ1v) is 8.47. The van der Waals surface area contributed by atoms with Crippen molar-refractivity contribution in [2.45, 2.75) is 46.3 Å². The molecule has 0 aromatic carbocycles. The van der Waals surface area contributed by atoms with Crippen molar-refractivity contribution in [3.63, 3.8) is 0 Å². The van der Waals surface area contributed by atoms with Gasteiger partial charge >= 0.3 is 6.09 Å². The Kier molecular flexibility index (Phi) is 8.05. The van der Waals surface area contributed by atoms with E-state index in [2.05, 4.69) is 10.4 Å². The molecule has 0 aliphatic carbocycles. The van der Waals surface area contributed by atoms with Crippen LogP contribution in [0.15, 0.2) is 6.07 Å². The van der Waals surface area contributed by atoms with Gasteiger partial charge in [0.15, 0.2) is 0 Å². The van der Waals surface area contributed by atoms with Crippen LogP contribution in [0, 0.1) is 6.92 Å². The van der Waals surface area contributed by atoms with Gasteiger partial charge in [0, 0.05) is 27.1 Å². The second-order valence-corrected chi connectivity index (χ2v) is 6.99. The molecule has 1 aromatic heterocycles. The van der Waals surface area contributed by atoms with Crippen molar-refractivity contribution in [1.82, 2.24) is 14.7 Å². The minimum absolute atomic E-state index is 0.142. The quantitative estimate of drug-likeness (QED) is 0.690. The maximum absolute atomic E-state index is 12.2. The van der Waals surface area contributed by atoms with Gasteiger partial charge in [-0.25, -0.2) is 9.69 Å². The topological polar surface area (TPSA) is 90.3 Å². The number of quaternary nitrogens is 1. The van der Waals surface area contributed by atoms with Crippen LogP contribution in [0.4, 0.5) is 4.79 Å². The Morgan fingerprint density at radius 3 is 2.56 bits per heavy atom. The van der Waals surface area contributed by atoms with Crippen LogP contribution < -0.4 is 5.32 Å². The molecule has 0 saturated heterocycles. The average Bonchev–Trinajstić information content (AvgIpc) is 2.78. The van der Waals surface area contributed by atoms with Gasteiger partial charge in [0.2, 0.25) is 0 Å². The zero-order chi connectivity index (χ0) is 19.0. The van der Waals surface area contributed by atoms with Crippen LogP contribution in [0.2, 0.25) is 0 Å². The molecule has 1 heterocycles. The predicted molar refractivity (Wildman–Crippen MR) is 92.9 cm³/mol. The third kappa shape index (κ3) is 7.66. The highest BCUT2D eigenvalue weighted by molar-refractivity contribution is 5.92. The molecular weight excluding hydrogens is 324 g/mol. The molecule has 0 aliphatic rings. The number of nitrogens with two attached hydrogens (primary N) is 1.